The maximum absolute atomic E-state index is 13.6. The molecule has 0 saturated carbocycles. The number of hydrogen-bond donors (Lipinski definition) is 0. The second-order valence-electron chi connectivity index (χ2n) is 5.94. The van der Waals surface area contributed by atoms with Gasteiger partial charge < -0.3 is 0 Å². The average Bonchev–Trinajstić information content (AvgIpc) is 2.37. The molecule has 0 N–H and O–H groups in total. The summed E-state index contributed by atoms with van der Waals surface area (Å²) < 4.78 is 39.7. The smallest absolute Gasteiger partial charge is 0.258 e. The Morgan fingerprint density at radius 1 is 1.29 bits per heavy atom. The number of rotatable bonds is 3. The molecular formula is C13H17FN2O4S. The van der Waals surface area contributed by atoms with Crippen molar-refractivity contribution in [3.63, 3.8) is 0 Å². The number of hydrogen-bond acceptors (Lipinski definition) is 4. The third-order valence-electron chi connectivity index (χ3n) is 3.83. The lowest BCUT2D eigenvalue weighted by atomic mass is 9.83. The van der Waals surface area contributed by atoms with Crippen molar-refractivity contribution < 1.29 is 17.7 Å². The zero-order valence-corrected chi connectivity index (χ0v) is 12.7. The predicted octanol–water partition coefficient (Wildman–Crippen LogP) is 2.54. The van der Waals surface area contributed by atoms with E-state index in [2.05, 4.69) is 13.8 Å². The van der Waals surface area contributed by atoms with Gasteiger partial charge in [0.15, 0.2) is 0 Å². The van der Waals surface area contributed by atoms with Crippen molar-refractivity contribution in [2.75, 3.05) is 13.1 Å². The standard InChI is InChI=1S/C13H17FN2O4S/c1-13(2)5-7-15(8-6-13)21(19,20)10-3-4-12(16(17)18)11(14)9-10/h3-4,9H,5-8H2,1-2H3. The first-order valence-electron chi connectivity index (χ1n) is 6.58. The molecule has 0 amide bonds. The van der Waals surface area contributed by atoms with E-state index in [-0.39, 0.29) is 10.3 Å². The van der Waals surface area contributed by atoms with Crippen molar-refractivity contribution in [1.82, 2.24) is 4.31 Å². The van der Waals surface area contributed by atoms with Crippen molar-refractivity contribution in [1.29, 1.82) is 0 Å². The predicted molar refractivity (Wildman–Crippen MR) is 74.8 cm³/mol. The molecule has 1 aromatic rings. The van der Waals surface area contributed by atoms with Gasteiger partial charge in [-0.1, -0.05) is 13.8 Å². The molecule has 1 aromatic carbocycles. The first kappa shape index (κ1) is 15.8. The molecule has 1 heterocycles. The number of benzene rings is 1. The number of nitro groups is 1. The van der Waals surface area contributed by atoms with Gasteiger partial charge in [-0.25, -0.2) is 8.42 Å². The van der Waals surface area contributed by atoms with Crippen molar-refractivity contribution in [3.8, 4) is 0 Å². The Kier molecular flexibility index (Phi) is 4.03. The fourth-order valence-corrected chi connectivity index (χ4v) is 3.73. The molecule has 8 heteroatoms. The van der Waals surface area contributed by atoms with Gasteiger partial charge in [0.25, 0.3) is 0 Å². The van der Waals surface area contributed by atoms with Gasteiger partial charge in [0.05, 0.1) is 9.82 Å². The normalized spacial score (nSPS) is 19.4. The van der Waals surface area contributed by atoms with E-state index in [1.807, 2.05) is 0 Å². The van der Waals surface area contributed by atoms with Gasteiger partial charge in [-0.15, -0.1) is 0 Å². The Labute approximate surface area is 122 Å². The van der Waals surface area contributed by atoms with Crippen LogP contribution in [0.2, 0.25) is 0 Å². The van der Waals surface area contributed by atoms with Crippen molar-refractivity contribution in [3.05, 3.63) is 34.1 Å². The van der Waals surface area contributed by atoms with E-state index in [0.29, 0.717) is 19.2 Å². The molecule has 0 bridgehead atoms. The van der Waals surface area contributed by atoms with Gasteiger partial charge in [-0.05, 0) is 24.3 Å². The topological polar surface area (TPSA) is 80.5 Å². The average molecular weight is 316 g/mol. The molecule has 6 nitrogen and oxygen atoms in total. The third kappa shape index (κ3) is 3.21. The molecular weight excluding hydrogens is 299 g/mol. The van der Waals surface area contributed by atoms with Crippen LogP contribution in [0.5, 0.6) is 0 Å². The highest BCUT2D eigenvalue weighted by Crippen LogP contribution is 2.33. The summed E-state index contributed by atoms with van der Waals surface area (Å²) in [5.41, 5.74) is -0.638. The van der Waals surface area contributed by atoms with E-state index in [0.717, 1.165) is 25.0 Å². The van der Waals surface area contributed by atoms with Gasteiger partial charge in [0, 0.05) is 25.2 Å². The van der Waals surface area contributed by atoms with Crippen LogP contribution in [0, 0.1) is 21.3 Å². The Balaban J connectivity index is 2.28. The Morgan fingerprint density at radius 2 is 1.86 bits per heavy atom. The highest BCUT2D eigenvalue weighted by Gasteiger charge is 2.33. The lowest BCUT2D eigenvalue weighted by Gasteiger charge is -2.36. The summed E-state index contributed by atoms with van der Waals surface area (Å²) in [4.78, 5) is 9.44. The van der Waals surface area contributed by atoms with E-state index in [1.54, 1.807) is 0 Å². The minimum atomic E-state index is -3.81. The number of sulfonamides is 1. The minimum Gasteiger partial charge on any atom is -0.258 e. The lowest BCUT2D eigenvalue weighted by molar-refractivity contribution is -0.387. The van der Waals surface area contributed by atoms with Gasteiger partial charge >= 0.3 is 5.69 Å². The molecule has 2 rings (SSSR count). The van der Waals surface area contributed by atoms with E-state index in [9.17, 15) is 22.9 Å². The van der Waals surface area contributed by atoms with Crippen LogP contribution in [0.1, 0.15) is 26.7 Å². The molecule has 1 aliphatic heterocycles. The maximum Gasteiger partial charge on any atom is 0.304 e. The summed E-state index contributed by atoms with van der Waals surface area (Å²) in [7, 11) is -3.81. The van der Waals surface area contributed by atoms with Gasteiger partial charge in [0.2, 0.25) is 15.8 Å². The molecule has 1 saturated heterocycles. The van der Waals surface area contributed by atoms with Gasteiger partial charge in [-0.3, -0.25) is 10.1 Å². The lowest BCUT2D eigenvalue weighted by Crippen LogP contribution is -2.41. The number of nitro benzene ring substituents is 1. The molecule has 1 aliphatic rings. The van der Waals surface area contributed by atoms with Crippen LogP contribution in [-0.2, 0) is 10.0 Å². The van der Waals surface area contributed by atoms with E-state index < -0.39 is 26.5 Å². The van der Waals surface area contributed by atoms with Crippen LogP contribution in [0.3, 0.4) is 0 Å². The van der Waals surface area contributed by atoms with Crippen LogP contribution in [0.4, 0.5) is 10.1 Å². The van der Waals surface area contributed by atoms with Crippen LogP contribution in [0.15, 0.2) is 23.1 Å². The fraction of sp³-hybridized carbons (Fsp3) is 0.538. The summed E-state index contributed by atoms with van der Waals surface area (Å²) in [5.74, 6) is -1.14. The van der Waals surface area contributed by atoms with Gasteiger partial charge in [0.1, 0.15) is 0 Å². The molecule has 0 aliphatic carbocycles. The van der Waals surface area contributed by atoms with Gasteiger partial charge in [-0.2, -0.15) is 8.70 Å². The molecule has 0 aromatic heterocycles. The number of nitrogens with zero attached hydrogens (tertiary/aromatic N) is 2. The highest BCUT2D eigenvalue weighted by atomic mass is 32.2. The molecule has 0 atom stereocenters. The van der Waals surface area contributed by atoms with E-state index in [1.165, 1.54) is 4.31 Å². The van der Waals surface area contributed by atoms with E-state index >= 15 is 0 Å². The van der Waals surface area contributed by atoms with Crippen molar-refractivity contribution >= 4 is 15.7 Å². The quantitative estimate of drug-likeness (QED) is 0.634. The molecule has 21 heavy (non-hydrogen) atoms. The molecule has 0 spiro atoms. The third-order valence-corrected chi connectivity index (χ3v) is 5.72. The number of piperidine rings is 1. The summed E-state index contributed by atoms with van der Waals surface area (Å²) in [6, 6.07) is 2.68. The van der Waals surface area contributed by atoms with Crippen molar-refractivity contribution in [2.24, 2.45) is 5.41 Å². The molecule has 0 radical (unpaired) electrons. The fourth-order valence-electron chi connectivity index (χ4n) is 2.28. The number of halogens is 1. The first-order valence-corrected chi connectivity index (χ1v) is 8.02. The summed E-state index contributed by atoms with van der Waals surface area (Å²) >= 11 is 0. The second-order valence-corrected chi connectivity index (χ2v) is 7.88. The molecule has 1 fully saturated rings. The second kappa shape index (κ2) is 5.34. The summed E-state index contributed by atoms with van der Waals surface area (Å²) in [5, 5.41) is 10.6. The zero-order valence-electron chi connectivity index (χ0n) is 11.9. The molecule has 116 valence electrons. The van der Waals surface area contributed by atoms with E-state index in [4.69, 9.17) is 0 Å². The van der Waals surface area contributed by atoms with Crippen LogP contribution >= 0.6 is 0 Å². The monoisotopic (exact) mass is 316 g/mol. The highest BCUT2D eigenvalue weighted by molar-refractivity contribution is 7.89. The SMILES string of the molecule is CC1(C)CCN(S(=O)(=O)c2ccc([N+](=O)[O-])c(F)c2)CC1. The maximum atomic E-state index is 13.6. The molecule has 0 unspecified atom stereocenters. The zero-order chi connectivity index (χ0) is 15.8. The largest absolute Gasteiger partial charge is 0.304 e. The minimum absolute atomic E-state index is 0.0900. The van der Waals surface area contributed by atoms with Crippen LogP contribution in [0.25, 0.3) is 0 Å². The van der Waals surface area contributed by atoms with Crippen molar-refractivity contribution in [2.45, 2.75) is 31.6 Å². The Morgan fingerprint density at radius 3 is 2.33 bits per heavy atom. The first-order chi connectivity index (χ1) is 9.63. The summed E-state index contributed by atoms with van der Waals surface area (Å²) in [6.45, 7) is 4.88. The van der Waals surface area contributed by atoms with Crippen LogP contribution < -0.4 is 0 Å². The Bertz CT molecular complexity index is 663. The van der Waals surface area contributed by atoms with Crippen LogP contribution in [-0.4, -0.2) is 30.7 Å². The Hall–Kier alpha value is -1.54. The summed E-state index contributed by atoms with van der Waals surface area (Å²) in [6.07, 6.45) is 1.45.